The molecule has 2 nitrogen and oxygen atoms in total. The van der Waals surface area contributed by atoms with Crippen LogP contribution in [0.5, 0.6) is 0 Å². The smallest absolute Gasteiger partial charge is 0.0436 e. The molecule has 1 aliphatic carbocycles. The number of hydrogen-bond acceptors (Lipinski definition) is 2. The van der Waals surface area contributed by atoms with Gasteiger partial charge in [0.15, 0.2) is 0 Å². The molecule has 2 heteroatoms. The molecule has 1 aromatic heterocycles. The normalized spacial score (nSPS) is 16.3. The minimum atomic E-state index is 0.833. The summed E-state index contributed by atoms with van der Waals surface area (Å²) in [6.07, 6.45) is 8.98. The fraction of sp³-hybridized carbons (Fsp3) is 0.562. The van der Waals surface area contributed by atoms with Crippen LogP contribution < -0.4 is 0 Å². The molecule has 0 N–H and O–H groups in total. The molecule has 0 unspecified atom stereocenters. The maximum atomic E-state index is 4.47. The molecule has 0 amide bonds. The minimum Gasteiger partial charge on any atom is -0.299 e. The van der Waals surface area contributed by atoms with Crippen molar-refractivity contribution in [2.24, 2.45) is 0 Å². The van der Waals surface area contributed by atoms with Crippen molar-refractivity contribution in [2.75, 3.05) is 13.6 Å². The first-order valence-corrected chi connectivity index (χ1v) is 7.01. The summed E-state index contributed by atoms with van der Waals surface area (Å²) in [7, 11) is 2.24. The van der Waals surface area contributed by atoms with Gasteiger partial charge in [-0.1, -0.05) is 24.6 Å². The average molecular weight is 244 g/mol. The number of nitrogens with zero attached hydrogens (tertiary/aromatic N) is 2. The van der Waals surface area contributed by atoms with Gasteiger partial charge in [-0.2, -0.15) is 0 Å². The molecule has 0 bridgehead atoms. The summed E-state index contributed by atoms with van der Waals surface area (Å²) in [6.45, 7) is 5.43. The first kappa shape index (κ1) is 13.3. The van der Waals surface area contributed by atoms with Crippen molar-refractivity contribution in [1.82, 2.24) is 9.88 Å². The Hall–Kier alpha value is -1.15. The number of rotatable bonds is 6. The third-order valence-electron chi connectivity index (χ3n) is 3.77. The molecule has 2 rings (SSSR count). The molecule has 0 radical (unpaired) electrons. The molecule has 1 saturated carbocycles. The second-order valence-electron chi connectivity index (χ2n) is 5.23. The van der Waals surface area contributed by atoms with Gasteiger partial charge in [0.1, 0.15) is 0 Å². The third-order valence-corrected chi connectivity index (χ3v) is 3.77. The molecular weight excluding hydrogens is 220 g/mol. The number of allylic oxidation sites excluding steroid dienone is 1. The van der Waals surface area contributed by atoms with Crippen LogP contribution in [0.2, 0.25) is 0 Å². The van der Waals surface area contributed by atoms with E-state index in [2.05, 4.69) is 42.9 Å². The van der Waals surface area contributed by atoms with Crippen LogP contribution in [0.3, 0.4) is 0 Å². The highest BCUT2D eigenvalue weighted by Gasteiger charge is 2.26. The number of aromatic nitrogens is 1. The van der Waals surface area contributed by atoms with Crippen LogP contribution in [-0.4, -0.2) is 29.5 Å². The van der Waals surface area contributed by atoms with Gasteiger partial charge in [0.25, 0.3) is 0 Å². The SMILES string of the molecule is C/C=C(\Cc1cccnc1CC)CN(C)C1CC1. The van der Waals surface area contributed by atoms with Crippen LogP contribution in [0.15, 0.2) is 30.0 Å². The van der Waals surface area contributed by atoms with Gasteiger partial charge in [0, 0.05) is 24.5 Å². The fourth-order valence-corrected chi connectivity index (χ4v) is 2.41. The zero-order chi connectivity index (χ0) is 13.0. The van der Waals surface area contributed by atoms with E-state index in [1.54, 1.807) is 0 Å². The Morgan fingerprint density at radius 3 is 2.89 bits per heavy atom. The lowest BCUT2D eigenvalue weighted by Gasteiger charge is -2.18. The van der Waals surface area contributed by atoms with E-state index in [9.17, 15) is 0 Å². The van der Waals surface area contributed by atoms with Crippen LogP contribution in [0.25, 0.3) is 0 Å². The van der Waals surface area contributed by atoms with E-state index in [0.29, 0.717) is 0 Å². The highest BCUT2D eigenvalue weighted by molar-refractivity contribution is 5.26. The maximum Gasteiger partial charge on any atom is 0.0436 e. The number of pyridine rings is 1. The van der Waals surface area contributed by atoms with Gasteiger partial charge < -0.3 is 0 Å². The Labute approximate surface area is 111 Å². The Morgan fingerprint density at radius 2 is 2.28 bits per heavy atom. The van der Waals surface area contributed by atoms with E-state index in [1.165, 1.54) is 29.7 Å². The number of aryl methyl sites for hydroxylation is 1. The first-order chi connectivity index (χ1) is 8.74. The zero-order valence-electron chi connectivity index (χ0n) is 11.8. The van der Waals surface area contributed by atoms with Crippen molar-refractivity contribution in [1.29, 1.82) is 0 Å². The maximum absolute atomic E-state index is 4.47. The second kappa shape index (κ2) is 6.14. The van der Waals surface area contributed by atoms with Crippen molar-refractivity contribution < 1.29 is 0 Å². The fourth-order valence-electron chi connectivity index (χ4n) is 2.41. The van der Waals surface area contributed by atoms with Crippen LogP contribution in [0.1, 0.15) is 37.9 Å². The van der Waals surface area contributed by atoms with Crippen molar-refractivity contribution >= 4 is 0 Å². The van der Waals surface area contributed by atoms with Crippen LogP contribution >= 0.6 is 0 Å². The van der Waals surface area contributed by atoms with Crippen LogP contribution in [-0.2, 0) is 12.8 Å². The highest BCUT2D eigenvalue weighted by Crippen LogP contribution is 2.26. The van der Waals surface area contributed by atoms with Gasteiger partial charge >= 0.3 is 0 Å². The highest BCUT2D eigenvalue weighted by atomic mass is 15.1. The van der Waals surface area contributed by atoms with Gasteiger partial charge in [-0.05, 0) is 51.3 Å². The van der Waals surface area contributed by atoms with E-state index >= 15 is 0 Å². The largest absolute Gasteiger partial charge is 0.299 e. The van der Waals surface area contributed by atoms with Crippen molar-refractivity contribution in [2.45, 2.75) is 45.6 Å². The Kier molecular flexibility index (Phi) is 4.54. The molecule has 1 aromatic rings. The molecule has 0 aliphatic heterocycles. The molecule has 0 atom stereocenters. The Morgan fingerprint density at radius 1 is 1.50 bits per heavy atom. The van der Waals surface area contributed by atoms with Crippen LogP contribution in [0.4, 0.5) is 0 Å². The predicted octanol–water partition coefficient (Wildman–Crippen LogP) is 3.23. The van der Waals surface area contributed by atoms with Gasteiger partial charge in [-0.3, -0.25) is 9.88 Å². The predicted molar refractivity (Wildman–Crippen MR) is 76.7 cm³/mol. The summed E-state index contributed by atoms with van der Waals surface area (Å²) >= 11 is 0. The van der Waals surface area contributed by atoms with E-state index in [0.717, 1.165) is 25.4 Å². The molecule has 0 aromatic carbocycles. The standard InChI is InChI=1S/C16H24N2/c1-4-13(12-18(3)15-8-9-15)11-14-7-6-10-17-16(14)5-2/h4,6-7,10,15H,5,8-9,11-12H2,1-3H3/b13-4+. The molecule has 98 valence electrons. The van der Waals surface area contributed by atoms with E-state index in [4.69, 9.17) is 0 Å². The monoisotopic (exact) mass is 244 g/mol. The molecule has 1 fully saturated rings. The first-order valence-electron chi connectivity index (χ1n) is 7.01. The third kappa shape index (κ3) is 3.42. The Bertz CT molecular complexity index is 419. The molecule has 0 spiro atoms. The molecular formula is C16H24N2. The van der Waals surface area contributed by atoms with E-state index in [-0.39, 0.29) is 0 Å². The lowest BCUT2D eigenvalue weighted by Crippen LogP contribution is -2.24. The average Bonchev–Trinajstić information content (AvgIpc) is 3.22. The van der Waals surface area contributed by atoms with Crippen molar-refractivity contribution in [3.63, 3.8) is 0 Å². The molecule has 1 aliphatic rings. The van der Waals surface area contributed by atoms with Gasteiger partial charge in [-0.25, -0.2) is 0 Å². The van der Waals surface area contributed by atoms with E-state index in [1.807, 2.05) is 12.3 Å². The summed E-state index contributed by atoms with van der Waals surface area (Å²) in [4.78, 5) is 6.95. The molecule has 18 heavy (non-hydrogen) atoms. The zero-order valence-corrected chi connectivity index (χ0v) is 11.8. The topological polar surface area (TPSA) is 16.1 Å². The summed E-state index contributed by atoms with van der Waals surface area (Å²) in [5.74, 6) is 0. The second-order valence-corrected chi connectivity index (χ2v) is 5.23. The molecule has 0 saturated heterocycles. The summed E-state index contributed by atoms with van der Waals surface area (Å²) < 4.78 is 0. The van der Waals surface area contributed by atoms with Gasteiger partial charge in [0.05, 0.1) is 0 Å². The van der Waals surface area contributed by atoms with Gasteiger partial charge in [0.2, 0.25) is 0 Å². The number of hydrogen-bond donors (Lipinski definition) is 0. The quantitative estimate of drug-likeness (QED) is 0.714. The lowest BCUT2D eigenvalue weighted by molar-refractivity contribution is 0.349. The Balaban J connectivity index is 2.01. The van der Waals surface area contributed by atoms with Gasteiger partial charge in [-0.15, -0.1) is 0 Å². The molecule has 1 heterocycles. The summed E-state index contributed by atoms with van der Waals surface area (Å²) in [5, 5.41) is 0. The van der Waals surface area contributed by atoms with Crippen LogP contribution in [0, 0.1) is 0 Å². The van der Waals surface area contributed by atoms with E-state index < -0.39 is 0 Å². The summed E-state index contributed by atoms with van der Waals surface area (Å²) in [6, 6.07) is 5.10. The van der Waals surface area contributed by atoms with Crippen molar-refractivity contribution in [3.05, 3.63) is 41.2 Å². The summed E-state index contributed by atoms with van der Waals surface area (Å²) in [5.41, 5.74) is 4.13. The lowest BCUT2D eigenvalue weighted by atomic mass is 10.0. The number of likely N-dealkylation sites (N-methyl/N-ethyl adjacent to an activating group) is 1. The van der Waals surface area contributed by atoms with Crippen molar-refractivity contribution in [3.8, 4) is 0 Å². The minimum absolute atomic E-state index is 0.833.